The van der Waals surface area contributed by atoms with Gasteiger partial charge in [-0.05, 0) is 42.8 Å². The fraction of sp³-hybridized carbons (Fsp3) is 0.105. The van der Waals surface area contributed by atoms with Crippen molar-refractivity contribution in [3.05, 3.63) is 80.6 Å². The Kier molecular flexibility index (Phi) is 4.26. The number of halogens is 2. The molecule has 5 nitrogen and oxygen atoms in total. The maximum absolute atomic E-state index is 11.2. The first-order chi connectivity index (χ1) is 12.5. The summed E-state index contributed by atoms with van der Waals surface area (Å²) in [6, 6.07) is 11.3. The number of nitrogens with zero attached hydrogens (tertiary/aromatic N) is 3. The highest BCUT2D eigenvalue weighted by molar-refractivity contribution is 6.33. The van der Waals surface area contributed by atoms with Crippen LogP contribution in [-0.2, 0) is 6.54 Å². The van der Waals surface area contributed by atoms with Crippen LogP contribution >= 0.6 is 23.2 Å². The maximum atomic E-state index is 11.2. The molecule has 0 radical (unpaired) electrons. The van der Waals surface area contributed by atoms with E-state index in [9.17, 15) is 4.79 Å². The molecule has 4 aromatic rings. The highest BCUT2D eigenvalue weighted by Gasteiger charge is 2.12. The molecule has 7 heteroatoms. The van der Waals surface area contributed by atoms with E-state index >= 15 is 0 Å². The average Bonchev–Trinajstić information content (AvgIpc) is 2.94. The van der Waals surface area contributed by atoms with Crippen molar-refractivity contribution in [3.63, 3.8) is 0 Å². The number of imidazole rings is 1. The lowest BCUT2D eigenvalue weighted by Crippen LogP contribution is -2.04. The van der Waals surface area contributed by atoms with Crippen LogP contribution in [0, 0.1) is 6.92 Å². The molecular weight excluding hydrogens is 371 g/mol. The van der Waals surface area contributed by atoms with Gasteiger partial charge in [0.2, 0.25) is 0 Å². The van der Waals surface area contributed by atoms with Crippen LogP contribution < -0.4 is 5.56 Å². The van der Waals surface area contributed by atoms with Crippen LogP contribution in [0.4, 0.5) is 0 Å². The van der Waals surface area contributed by atoms with Crippen LogP contribution in [0.25, 0.3) is 22.3 Å². The standard InChI is InChI=1S/C19H14Cl2N4O/c1-11-24-16-5-2-12(17-8-23-19(26)9-22-17)7-18(16)25(11)10-13-6-14(20)3-4-15(13)21/h2-9H,10H2,1H3,(H,23,26). The number of rotatable bonds is 3. The highest BCUT2D eigenvalue weighted by atomic mass is 35.5. The van der Waals surface area contributed by atoms with E-state index in [0.717, 1.165) is 28.0 Å². The summed E-state index contributed by atoms with van der Waals surface area (Å²) < 4.78 is 2.09. The molecule has 0 bridgehead atoms. The minimum absolute atomic E-state index is 0.230. The van der Waals surface area contributed by atoms with Crippen LogP contribution in [0.15, 0.2) is 53.6 Å². The molecule has 26 heavy (non-hydrogen) atoms. The number of hydrogen-bond donors (Lipinski definition) is 1. The van der Waals surface area contributed by atoms with Gasteiger partial charge in [-0.1, -0.05) is 29.3 Å². The predicted octanol–water partition coefficient (Wildman–Crippen LogP) is 4.45. The summed E-state index contributed by atoms with van der Waals surface area (Å²) in [5.74, 6) is 0.877. The topological polar surface area (TPSA) is 63.6 Å². The van der Waals surface area contributed by atoms with Gasteiger partial charge in [0.15, 0.2) is 0 Å². The van der Waals surface area contributed by atoms with Gasteiger partial charge >= 0.3 is 0 Å². The van der Waals surface area contributed by atoms with Gasteiger partial charge in [0.1, 0.15) is 5.82 Å². The van der Waals surface area contributed by atoms with Crippen molar-refractivity contribution in [3.8, 4) is 11.3 Å². The molecule has 1 N–H and O–H groups in total. The molecule has 2 heterocycles. The lowest BCUT2D eigenvalue weighted by molar-refractivity contribution is 0.786. The number of aryl methyl sites for hydroxylation is 1. The molecule has 0 saturated carbocycles. The molecule has 0 spiro atoms. The second-order valence-corrected chi connectivity index (χ2v) is 6.82. The van der Waals surface area contributed by atoms with Gasteiger partial charge in [-0.3, -0.25) is 4.79 Å². The Bertz CT molecular complexity index is 1160. The monoisotopic (exact) mass is 384 g/mol. The van der Waals surface area contributed by atoms with Gasteiger partial charge in [0.05, 0.1) is 29.5 Å². The van der Waals surface area contributed by atoms with E-state index in [0.29, 0.717) is 22.3 Å². The second-order valence-electron chi connectivity index (χ2n) is 5.98. The predicted molar refractivity (Wildman–Crippen MR) is 104 cm³/mol. The quantitative estimate of drug-likeness (QED) is 0.567. The van der Waals surface area contributed by atoms with Gasteiger partial charge in [-0.25, -0.2) is 9.97 Å². The Morgan fingerprint density at radius 3 is 2.77 bits per heavy atom. The maximum Gasteiger partial charge on any atom is 0.266 e. The Morgan fingerprint density at radius 2 is 2.00 bits per heavy atom. The molecule has 0 aliphatic carbocycles. The van der Waals surface area contributed by atoms with Gasteiger partial charge in [0, 0.05) is 21.8 Å². The Morgan fingerprint density at radius 1 is 1.15 bits per heavy atom. The summed E-state index contributed by atoms with van der Waals surface area (Å²) in [6.07, 6.45) is 2.87. The van der Waals surface area contributed by atoms with Crippen LogP contribution in [0.2, 0.25) is 10.0 Å². The number of aromatic nitrogens is 4. The third kappa shape index (κ3) is 3.11. The number of aromatic amines is 1. The number of hydrogen-bond acceptors (Lipinski definition) is 3. The van der Waals surface area contributed by atoms with Crippen LogP contribution in [0.3, 0.4) is 0 Å². The first-order valence-electron chi connectivity index (χ1n) is 7.97. The third-order valence-corrected chi connectivity index (χ3v) is 4.85. The third-order valence-electron chi connectivity index (χ3n) is 4.24. The Balaban J connectivity index is 1.82. The SMILES string of the molecule is Cc1nc2ccc(-c3c[nH]c(=O)cn3)cc2n1Cc1cc(Cl)ccc1Cl. The van der Waals surface area contributed by atoms with Crippen LogP contribution in [0.1, 0.15) is 11.4 Å². The van der Waals surface area contributed by atoms with Crippen molar-refractivity contribution in [2.75, 3.05) is 0 Å². The van der Waals surface area contributed by atoms with Crippen molar-refractivity contribution in [1.29, 1.82) is 0 Å². The molecule has 130 valence electrons. The summed E-state index contributed by atoms with van der Waals surface area (Å²) >= 11 is 12.4. The molecule has 0 saturated heterocycles. The normalized spacial score (nSPS) is 11.2. The molecule has 4 rings (SSSR count). The zero-order chi connectivity index (χ0) is 18.3. The van der Waals surface area contributed by atoms with E-state index in [2.05, 4.69) is 19.5 Å². The molecule has 0 amide bonds. The zero-order valence-electron chi connectivity index (χ0n) is 13.8. The van der Waals surface area contributed by atoms with E-state index in [1.165, 1.54) is 6.20 Å². The number of H-pyrrole nitrogens is 1. The van der Waals surface area contributed by atoms with Crippen LogP contribution in [0.5, 0.6) is 0 Å². The second kappa shape index (κ2) is 6.59. The number of nitrogens with one attached hydrogen (secondary N) is 1. The summed E-state index contributed by atoms with van der Waals surface area (Å²) in [5, 5.41) is 1.30. The Hall–Kier alpha value is -2.63. The lowest BCUT2D eigenvalue weighted by atomic mass is 10.1. The van der Waals surface area contributed by atoms with E-state index in [1.807, 2.05) is 31.2 Å². The summed E-state index contributed by atoms with van der Waals surface area (Å²) in [7, 11) is 0. The summed E-state index contributed by atoms with van der Waals surface area (Å²) in [6.45, 7) is 2.51. The molecular formula is C19H14Cl2N4O. The zero-order valence-corrected chi connectivity index (χ0v) is 15.3. The average molecular weight is 385 g/mol. The molecule has 2 aromatic carbocycles. The minimum Gasteiger partial charge on any atom is -0.326 e. The Labute approximate surface area is 159 Å². The highest BCUT2D eigenvalue weighted by Crippen LogP contribution is 2.27. The molecule has 0 aliphatic rings. The van der Waals surface area contributed by atoms with Crippen molar-refractivity contribution in [1.82, 2.24) is 19.5 Å². The summed E-state index contributed by atoms with van der Waals surface area (Å²) in [5.41, 5.74) is 4.13. The van der Waals surface area contributed by atoms with E-state index in [4.69, 9.17) is 23.2 Å². The van der Waals surface area contributed by atoms with Gasteiger partial charge < -0.3 is 9.55 Å². The first-order valence-corrected chi connectivity index (χ1v) is 8.73. The van der Waals surface area contributed by atoms with Gasteiger partial charge in [-0.2, -0.15) is 0 Å². The molecule has 0 unspecified atom stereocenters. The van der Waals surface area contributed by atoms with Crippen LogP contribution in [-0.4, -0.2) is 19.5 Å². The first kappa shape index (κ1) is 16.8. The van der Waals surface area contributed by atoms with Gasteiger partial charge in [0.25, 0.3) is 5.56 Å². The van der Waals surface area contributed by atoms with E-state index < -0.39 is 0 Å². The van der Waals surface area contributed by atoms with Gasteiger partial charge in [-0.15, -0.1) is 0 Å². The van der Waals surface area contributed by atoms with Crippen molar-refractivity contribution >= 4 is 34.2 Å². The van der Waals surface area contributed by atoms with E-state index in [1.54, 1.807) is 18.3 Å². The largest absolute Gasteiger partial charge is 0.326 e. The van der Waals surface area contributed by atoms with E-state index in [-0.39, 0.29) is 5.56 Å². The molecule has 0 aliphatic heterocycles. The molecule has 2 aromatic heterocycles. The summed E-state index contributed by atoms with van der Waals surface area (Å²) in [4.78, 5) is 22.7. The van der Waals surface area contributed by atoms with Crippen molar-refractivity contribution in [2.45, 2.75) is 13.5 Å². The fourth-order valence-corrected chi connectivity index (χ4v) is 3.31. The molecule has 0 atom stereocenters. The number of benzene rings is 2. The smallest absolute Gasteiger partial charge is 0.266 e. The molecule has 0 fully saturated rings. The van der Waals surface area contributed by atoms with Crippen molar-refractivity contribution in [2.24, 2.45) is 0 Å². The van der Waals surface area contributed by atoms with Crippen molar-refractivity contribution < 1.29 is 0 Å². The lowest BCUT2D eigenvalue weighted by Gasteiger charge is -2.10. The minimum atomic E-state index is -0.230. The number of fused-ring (bicyclic) bond motifs is 1. The fourth-order valence-electron chi connectivity index (χ4n) is 2.94.